The highest BCUT2D eigenvalue weighted by Crippen LogP contribution is 2.24. The molecule has 1 aliphatic heterocycles. The number of likely N-dealkylation sites (tertiary alicyclic amines) is 1. The van der Waals surface area contributed by atoms with Crippen LogP contribution in [0.2, 0.25) is 0 Å². The number of amides is 1. The van der Waals surface area contributed by atoms with Crippen molar-refractivity contribution >= 4 is 30.5 Å². The molecule has 0 radical (unpaired) electrons. The van der Waals surface area contributed by atoms with Gasteiger partial charge in [0, 0.05) is 36.7 Å². The van der Waals surface area contributed by atoms with Crippen LogP contribution in [0, 0.1) is 5.92 Å². The van der Waals surface area contributed by atoms with E-state index in [1.807, 2.05) is 0 Å². The summed E-state index contributed by atoms with van der Waals surface area (Å²) in [6.07, 6.45) is 14.3. The summed E-state index contributed by atoms with van der Waals surface area (Å²) in [5.41, 5.74) is 0. The van der Waals surface area contributed by atoms with E-state index in [9.17, 15) is 19.5 Å². The van der Waals surface area contributed by atoms with Crippen LogP contribution in [-0.2, 0) is 23.9 Å². The third-order valence-corrected chi connectivity index (χ3v) is 7.50. The Kier molecular flexibility index (Phi) is 13.3. The topological polar surface area (TPSA) is 105 Å². The van der Waals surface area contributed by atoms with Gasteiger partial charge in [-0.25, -0.2) is 9.59 Å². The molecule has 3 fully saturated rings. The minimum absolute atomic E-state index is 0.160. The number of esters is 1. The minimum atomic E-state index is -1.07. The van der Waals surface area contributed by atoms with Crippen molar-refractivity contribution < 1.29 is 29.0 Å². The van der Waals surface area contributed by atoms with E-state index in [0.717, 1.165) is 12.1 Å². The van der Waals surface area contributed by atoms with Crippen LogP contribution in [-0.4, -0.2) is 77.6 Å². The van der Waals surface area contributed by atoms with E-state index in [4.69, 9.17) is 9.47 Å². The number of hydrogen-bond acceptors (Lipinski definition) is 7. The van der Waals surface area contributed by atoms with E-state index in [1.165, 1.54) is 69.1 Å². The normalized spacial score (nSPS) is 24.7. The predicted molar refractivity (Wildman–Crippen MR) is 134 cm³/mol. The molecule has 2 N–H and O–H groups in total. The van der Waals surface area contributed by atoms with E-state index < -0.39 is 24.1 Å². The Morgan fingerprint density at radius 2 is 1.59 bits per heavy atom. The minimum Gasteiger partial charge on any atom is -0.480 e. The van der Waals surface area contributed by atoms with Gasteiger partial charge in [-0.2, -0.15) is 12.6 Å². The van der Waals surface area contributed by atoms with Gasteiger partial charge < -0.3 is 24.8 Å². The van der Waals surface area contributed by atoms with E-state index in [0.29, 0.717) is 5.75 Å². The van der Waals surface area contributed by atoms with Gasteiger partial charge in [0.15, 0.2) is 0 Å². The van der Waals surface area contributed by atoms with Gasteiger partial charge in [-0.3, -0.25) is 4.79 Å². The number of aliphatic carboxylic acids is 1. The summed E-state index contributed by atoms with van der Waals surface area (Å²) in [6.45, 7) is 3.56. The van der Waals surface area contributed by atoms with Crippen molar-refractivity contribution in [3.05, 3.63) is 0 Å². The molecule has 9 heteroatoms. The van der Waals surface area contributed by atoms with Gasteiger partial charge in [-0.05, 0) is 32.6 Å². The Balaban J connectivity index is 0.000000266. The predicted octanol–water partition coefficient (Wildman–Crippen LogP) is 3.43. The van der Waals surface area contributed by atoms with Gasteiger partial charge in [0.25, 0.3) is 0 Å². The maximum atomic E-state index is 12.1. The highest BCUT2D eigenvalue weighted by molar-refractivity contribution is 7.80. The summed E-state index contributed by atoms with van der Waals surface area (Å²) in [4.78, 5) is 35.9. The lowest BCUT2D eigenvalue weighted by atomic mass is 9.91. The molecule has 0 aromatic carbocycles. The summed E-state index contributed by atoms with van der Waals surface area (Å²) in [7, 11) is 0. The number of carbonyl (C=O) groups excluding carboxylic acids is 2. The second kappa shape index (κ2) is 15.6. The summed E-state index contributed by atoms with van der Waals surface area (Å²) in [5.74, 6) is -1.86. The maximum Gasteiger partial charge on any atom is 0.332 e. The highest BCUT2D eigenvalue weighted by atomic mass is 32.1. The van der Waals surface area contributed by atoms with Crippen molar-refractivity contribution in [2.75, 3.05) is 25.5 Å². The third-order valence-electron chi connectivity index (χ3n) is 6.95. The Hall–Kier alpha value is -1.32. The molecule has 3 rings (SSSR count). The molecular weight excluding hydrogens is 456 g/mol. The van der Waals surface area contributed by atoms with Crippen molar-refractivity contribution in [2.45, 2.75) is 109 Å². The van der Waals surface area contributed by atoms with Crippen LogP contribution in [0.5, 0.6) is 0 Å². The van der Waals surface area contributed by atoms with E-state index in [1.54, 1.807) is 13.8 Å². The molecule has 1 amide bonds. The lowest BCUT2D eigenvalue weighted by Crippen LogP contribution is -2.43. The Bertz CT molecular complexity index is 621. The largest absolute Gasteiger partial charge is 0.480 e. The first-order chi connectivity index (χ1) is 16.3. The number of carbonyl (C=O) groups is 3. The monoisotopic (exact) mass is 500 g/mol. The average Bonchev–Trinajstić information content (AvgIpc) is 3.28. The first-order valence-corrected chi connectivity index (χ1v) is 13.7. The van der Waals surface area contributed by atoms with Gasteiger partial charge in [0.2, 0.25) is 5.91 Å². The number of thiol groups is 1. The molecule has 8 nitrogen and oxygen atoms in total. The smallest absolute Gasteiger partial charge is 0.332 e. The summed E-state index contributed by atoms with van der Waals surface area (Å²) < 4.78 is 10.1. The summed E-state index contributed by atoms with van der Waals surface area (Å²) in [6, 6.07) is 0.820. The van der Waals surface area contributed by atoms with Crippen LogP contribution in [0.1, 0.15) is 84.5 Å². The molecule has 2 aliphatic carbocycles. The number of nitrogens with one attached hydrogen (secondary N) is 1. The SMILES string of the molecule is C1CCC(NC2CCCCC2)CC1.CCOC(=O)COC1C[C@@H](C(=O)O)N(C(=O)C(C)CS)C1. The molecule has 2 saturated carbocycles. The molecule has 0 spiro atoms. The molecule has 196 valence electrons. The number of carboxylic acid groups (broad SMARTS) is 1. The number of carboxylic acids is 1. The standard InChI is InChI=1S/C13H21NO6S.C12H23N/c1-3-19-11(15)6-20-9-4-10(13(17)18)14(5-9)12(16)8(2)7-21;1-3-7-11(8-4-1)13-12-9-5-2-6-10-12/h8-10,21H,3-7H2,1-2H3,(H,17,18);11-13H,1-10H2/t8?,9?,10-;/m0./s1. The molecule has 0 aromatic rings. The van der Waals surface area contributed by atoms with Crippen LogP contribution in [0.4, 0.5) is 0 Å². The van der Waals surface area contributed by atoms with Crippen molar-refractivity contribution in [3.8, 4) is 0 Å². The Morgan fingerprint density at radius 3 is 2.06 bits per heavy atom. The maximum absolute atomic E-state index is 12.1. The number of hydrogen-bond donors (Lipinski definition) is 3. The van der Waals surface area contributed by atoms with Crippen molar-refractivity contribution in [3.63, 3.8) is 0 Å². The third kappa shape index (κ3) is 9.74. The quantitative estimate of drug-likeness (QED) is 0.329. The Labute approximate surface area is 209 Å². The van der Waals surface area contributed by atoms with Crippen LogP contribution in [0.15, 0.2) is 0 Å². The average molecular weight is 501 g/mol. The van der Waals surface area contributed by atoms with Gasteiger partial charge >= 0.3 is 11.9 Å². The van der Waals surface area contributed by atoms with E-state index in [2.05, 4.69) is 17.9 Å². The zero-order valence-electron chi connectivity index (χ0n) is 20.9. The summed E-state index contributed by atoms with van der Waals surface area (Å²) >= 11 is 4.06. The molecular formula is C25H44N2O6S. The first-order valence-electron chi connectivity index (χ1n) is 13.0. The fourth-order valence-electron chi connectivity index (χ4n) is 5.02. The molecule has 1 heterocycles. The van der Waals surface area contributed by atoms with Crippen LogP contribution in [0.25, 0.3) is 0 Å². The molecule has 2 unspecified atom stereocenters. The molecule has 34 heavy (non-hydrogen) atoms. The van der Waals surface area contributed by atoms with Crippen LogP contribution < -0.4 is 5.32 Å². The van der Waals surface area contributed by atoms with Gasteiger partial charge in [-0.15, -0.1) is 0 Å². The number of ether oxygens (including phenoxy) is 2. The molecule has 3 atom stereocenters. The van der Waals surface area contributed by atoms with Crippen molar-refractivity contribution in [1.82, 2.24) is 10.2 Å². The van der Waals surface area contributed by atoms with Gasteiger partial charge in [-0.1, -0.05) is 45.4 Å². The second-order valence-corrected chi connectivity index (χ2v) is 10.1. The lowest BCUT2D eigenvalue weighted by Gasteiger charge is -2.30. The van der Waals surface area contributed by atoms with E-state index >= 15 is 0 Å². The lowest BCUT2D eigenvalue weighted by molar-refractivity contribution is -0.150. The molecule has 1 saturated heterocycles. The first kappa shape index (κ1) is 28.9. The van der Waals surface area contributed by atoms with Crippen molar-refractivity contribution in [1.29, 1.82) is 0 Å². The summed E-state index contributed by atoms with van der Waals surface area (Å²) in [5, 5.41) is 13.1. The zero-order valence-corrected chi connectivity index (χ0v) is 21.8. The Morgan fingerprint density at radius 1 is 1.03 bits per heavy atom. The number of nitrogens with zero attached hydrogens (tertiary/aromatic N) is 1. The fourth-order valence-corrected chi connectivity index (χ4v) is 5.17. The van der Waals surface area contributed by atoms with Gasteiger partial charge in [0.1, 0.15) is 12.6 Å². The van der Waals surface area contributed by atoms with Gasteiger partial charge in [0.05, 0.1) is 12.7 Å². The molecule has 3 aliphatic rings. The highest BCUT2D eigenvalue weighted by Gasteiger charge is 2.41. The van der Waals surface area contributed by atoms with Crippen LogP contribution >= 0.6 is 12.6 Å². The van der Waals surface area contributed by atoms with E-state index in [-0.39, 0.29) is 38.0 Å². The number of rotatable bonds is 9. The van der Waals surface area contributed by atoms with Crippen LogP contribution in [0.3, 0.4) is 0 Å². The molecule has 0 bridgehead atoms. The molecule has 0 aromatic heterocycles. The van der Waals surface area contributed by atoms with Crippen molar-refractivity contribution in [2.24, 2.45) is 5.92 Å². The fraction of sp³-hybridized carbons (Fsp3) is 0.880. The zero-order chi connectivity index (χ0) is 24.9. The second-order valence-electron chi connectivity index (χ2n) is 9.74.